The van der Waals surface area contributed by atoms with Gasteiger partial charge in [0, 0.05) is 12.3 Å². The molecule has 2 rings (SSSR count). The van der Waals surface area contributed by atoms with E-state index in [0.717, 1.165) is 19.4 Å². The third-order valence-electron chi connectivity index (χ3n) is 2.91. The number of halogens is 1. The van der Waals surface area contributed by atoms with E-state index in [2.05, 4.69) is 0 Å². The first kappa shape index (κ1) is 14.0. The number of carbonyl (C=O) groups is 1. The Bertz CT molecular complexity index is 472. The summed E-state index contributed by atoms with van der Waals surface area (Å²) in [4.78, 5) is 11.7. The van der Waals surface area contributed by atoms with Gasteiger partial charge in [0.05, 0.1) is 18.2 Å². The van der Waals surface area contributed by atoms with Crippen molar-refractivity contribution in [3.05, 3.63) is 22.7 Å². The highest BCUT2D eigenvalue weighted by molar-refractivity contribution is 6.33. The van der Waals surface area contributed by atoms with E-state index in [9.17, 15) is 4.79 Å². The van der Waals surface area contributed by atoms with Crippen LogP contribution in [0.5, 0.6) is 5.75 Å². The van der Waals surface area contributed by atoms with Gasteiger partial charge >= 0.3 is 5.97 Å². The van der Waals surface area contributed by atoms with Crippen molar-refractivity contribution in [1.29, 1.82) is 0 Å². The van der Waals surface area contributed by atoms with E-state index in [1.807, 2.05) is 0 Å². The molecule has 1 aromatic rings. The molecule has 0 aromatic heterocycles. The molecule has 1 saturated heterocycles. The molecule has 1 aliphatic heterocycles. The zero-order valence-corrected chi connectivity index (χ0v) is 11.4. The average molecular weight is 286 g/mol. The van der Waals surface area contributed by atoms with Crippen molar-refractivity contribution in [1.82, 2.24) is 0 Å². The maximum Gasteiger partial charge on any atom is 0.341 e. The number of esters is 1. The van der Waals surface area contributed by atoms with E-state index in [-0.39, 0.29) is 11.7 Å². The van der Waals surface area contributed by atoms with Gasteiger partial charge in [-0.15, -0.1) is 0 Å². The van der Waals surface area contributed by atoms with Crippen LogP contribution in [0.15, 0.2) is 12.1 Å². The lowest BCUT2D eigenvalue weighted by atomic mass is 10.1. The number of ether oxygens (including phenoxy) is 3. The number of carbonyl (C=O) groups excluding carboxylic acids is 1. The molecule has 1 atom stereocenters. The Balaban J connectivity index is 2.19. The fourth-order valence-corrected chi connectivity index (χ4v) is 2.26. The number of hydrogen-bond acceptors (Lipinski definition) is 5. The molecular formula is C13H16ClNO4. The first-order valence-electron chi connectivity index (χ1n) is 6.03. The Morgan fingerprint density at radius 2 is 2.37 bits per heavy atom. The van der Waals surface area contributed by atoms with Gasteiger partial charge in [0.2, 0.25) is 0 Å². The summed E-state index contributed by atoms with van der Waals surface area (Å²) in [5, 5.41) is 0.290. The molecule has 0 saturated carbocycles. The highest BCUT2D eigenvalue weighted by Crippen LogP contribution is 2.32. The average Bonchev–Trinajstić information content (AvgIpc) is 2.89. The molecule has 1 aliphatic rings. The second-order valence-electron chi connectivity index (χ2n) is 4.32. The summed E-state index contributed by atoms with van der Waals surface area (Å²) in [7, 11) is 1.29. The lowest BCUT2D eigenvalue weighted by Crippen LogP contribution is -2.18. The van der Waals surface area contributed by atoms with Crippen molar-refractivity contribution in [3.63, 3.8) is 0 Å². The molecule has 104 valence electrons. The van der Waals surface area contributed by atoms with Crippen LogP contribution in [0.2, 0.25) is 5.02 Å². The minimum absolute atomic E-state index is 0.0408. The predicted molar refractivity (Wildman–Crippen MR) is 71.7 cm³/mol. The Hall–Kier alpha value is -1.46. The highest BCUT2D eigenvalue weighted by Gasteiger charge is 2.21. The molecular weight excluding hydrogens is 270 g/mol. The van der Waals surface area contributed by atoms with Crippen LogP contribution in [0, 0.1) is 0 Å². The SMILES string of the molecule is COC(=O)c1cc(N)cc(Cl)c1OCC1CCCO1. The summed E-state index contributed by atoms with van der Waals surface area (Å²) >= 11 is 6.07. The molecule has 0 radical (unpaired) electrons. The largest absolute Gasteiger partial charge is 0.488 e. The molecule has 2 N–H and O–H groups in total. The number of rotatable bonds is 4. The summed E-state index contributed by atoms with van der Waals surface area (Å²) in [5.74, 6) is -0.241. The van der Waals surface area contributed by atoms with Crippen LogP contribution in [-0.2, 0) is 9.47 Å². The molecule has 0 spiro atoms. The summed E-state index contributed by atoms with van der Waals surface area (Å²) < 4.78 is 15.8. The molecule has 6 heteroatoms. The Labute approximate surface area is 116 Å². The number of nitrogens with two attached hydrogens (primary N) is 1. The van der Waals surface area contributed by atoms with E-state index < -0.39 is 5.97 Å². The highest BCUT2D eigenvalue weighted by atomic mass is 35.5. The molecule has 0 aliphatic carbocycles. The van der Waals surface area contributed by atoms with E-state index in [4.69, 9.17) is 31.5 Å². The second-order valence-corrected chi connectivity index (χ2v) is 4.72. The van der Waals surface area contributed by atoms with Gasteiger partial charge in [-0.1, -0.05) is 11.6 Å². The third-order valence-corrected chi connectivity index (χ3v) is 3.19. The smallest absolute Gasteiger partial charge is 0.341 e. The molecule has 1 fully saturated rings. The first-order valence-corrected chi connectivity index (χ1v) is 6.41. The first-order chi connectivity index (χ1) is 9.11. The van der Waals surface area contributed by atoms with Gasteiger partial charge in [0.1, 0.15) is 12.2 Å². The normalized spacial score (nSPS) is 18.3. The van der Waals surface area contributed by atoms with Gasteiger partial charge in [-0.05, 0) is 25.0 Å². The number of nitrogen functional groups attached to an aromatic ring is 1. The van der Waals surface area contributed by atoms with Gasteiger partial charge in [-0.25, -0.2) is 4.79 Å². The molecule has 19 heavy (non-hydrogen) atoms. The van der Waals surface area contributed by atoms with Gasteiger partial charge in [-0.3, -0.25) is 0 Å². The fraction of sp³-hybridized carbons (Fsp3) is 0.462. The molecule has 0 amide bonds. The van der Waals surface area contributed by atoms with Crippen molar-refractivity contribution in [2.75, 3.05) is 26.1 Å². The lowest BCUT2D eigenvalue weighted by molar-refractivity contribution is 0.0568. The van der Waals surface area contributed by atoms with Crippen LogP contribution in [0.3, 0.4) is 0 Å². The van der Waals surface area contributed by atoms with Crippen molar-refractivity contribution in [2.24, 2.45) is 0 Å². The Morgan fingerprint density at radius 1 is 1.58 bits per heavy atom. The van der Waals surface area contributed by atoms with Gasteiger partial charge < -0.3 is 19.9 Å². The van der Waals surface area contributed by atoms with Gasteiger partial charge in [-0.2, -0.15) is 0 Å². The van der Waals surface area contributed by atoms with Crippen molar-refractivity contribution in [2.45, 2.75) is 18.9 Å². The topological polar surface area (TPSA) is 70.8 Å². The lowest BCUT2D eigenvalue weighted by Gasteiger charge is -2.15. The van der Waals surface area contributed by atoms with E-state index in [0.29, 0.717) is 23.1 Å². The fourth-order valence-electron chi connectivity index (χ4n) is 1.97. The predicted octanol–water partition coefficient (Wildman–Crippen LogP) is 2.27. The molecule has 5 nitrogen and oxygen atoms in total. The molecule has 1 unspecified atom stereocenters. The van der Waals surface area contributed by atoms with Crippen LogP contribution in [0.25, 0.3) is 0 Å². The number of hydrogen-bond donors (Lipinski definition) is 1. The number of anilines is 1. The summed E-state index contributed by atoms with van der Waals surface area (Å²) in [6, 6.07) is 3.03. The van der Waals surface area contributed by atoms with Crippen LogP contribution in [0.4, 0.5) is 5.69 Å². The third kappa shape index (κ3) is 3.30. The van der Waals surface area contributed by atoms with Gasteiger partial charge in [0.15, 0.2) is 5.75 Å². The second kappa shape index (κ2) is 6.12. The van der Waals surface area contributed by atoms with E-state index in [1.54, 1.807) is 6.07 Å². The summed E-state index contributed by atoms with van der Waals surface area (Å²) in [5.41, 5.74) is 6.28. The minimum atomic E-state index is -0.531. The van der Waals surface area contributed by atoms with Crippen molar-refractivity contribution >= 4 is 23.3 Å². The van der Waals surface area contributed by atoms with Crippen LogP contribution in [0.1, 0.15) is 23.2 Å². The quantitative estimate of drug-likeness (QED) is 0.679. The van der Waals surface area contributed by atoms with Crippen LogP contribution < -0.4 is 10.5 Å². The summed E-state index contributed by atoms with van der Waals surface area (Å²) in [6.45, 7) is 1.10. The molecule has 0 bridgehead atoms. The number of methoxy groups -OCH3 is 1. The standard InChI is InChI=1S/C13H16ClNO4/c1-17-13(16)10-5-8(15)6-11(14)12(10)19-7-9-3-2-4-18-9/h5-6,9H,2-4,7,15H2,1H3. The minimum Gasteiger partial charge on any atom is -0.488 e. The molecule has 1 aromatic carbocycles. The zero-order valence-electron chi connectivity index (χ0n) is 10.6. The monoisotopic (exact) mass is 285 g/mol. The maximum atomic E-state index is 11.7. The van der Waals surface area contributed by atoms with Crippen LogP contribution >= 0.6 is 11.6 Å². The van der Waals surface area contributed by atoms with E-state index >= 15 is 0 Å². The number of benzene rings is 1. The van der Waals surface area contributed by atoms with Gasteiger partial charge in [0.25, 0.3) is 0 Å². The Kier molecular flexibility index (Phi) is 4.50. The summed E-state index contributed by atoms with van der Waals surface area (Å²) in [6.07, 6.45) is 2.01. The van der Waals surface area contributed by atoms with E-state index in [1.165, 1.54) is 13.2 Å². The maximum absolute atomic E-state index is 11.7. The van der Waals surface area contributed by atoms with Crippen molar-refractivity contribution < 1.29 is 19.0 Å². The van der Waals surface area contributed by atoms with Crippen LogP contribution in [-0.4, -0.2) is 32.4 Å². The molecule has 1 heterocycles. The van der Waals surface area contributed by atoms with Crippen molar-refractivity contribution in [3.8, 4) is 5.75 Å². The Morgan fingerprint density at radius 3 is 3.00 bits per heavy atom. The zero-order chi connectivity index (χ0) is 13.8.